The molecule has 4 aromatic rings. The van der Waals surface area contributed by atoms with E-state index in [9.17, 15) is 4.79 Å². The summed E-state index contributed by atoms with van der Waals surface area (Å²) in [4.78, 5) is 27.6. The van der Waals surface area contributed by atoms with Gasteiger partial charge in [0, 0.05) is 54.9 Å². The maximum absolute atomic E-state index is 12.9. The van der Waals surface area contributed by atoms with Crippen LogP contribution in [0.3, 0.4) is 0 Å². The summed E-state index contributed by atoms with van der Waals surface area (Å²) < 4.78 is 2.22. The van der Waals surface area contributed by atoms with E-state index in [4.69, 9.17) is 10.7 Å². The van der Waals surface area contributed by atoms with Crippen LogP contribution in [-0.4, -0.2) is 31.0 Å². The lowest BCUT2D eigenvalue weighted by molar-refractivity contribution is 0.241. The van der Waals surface area contributed by atoms with Crippen LogP contribution in [0.25, 0.3) is 17.2 Å². The molecule has 0 unspecified atom stereocenters. The number of pyridine rings is 1. The molecular weight excluding hydrogens is 412 g/mol. The van der Waals surface area contributed by atoms with Crippen LogP contribution in [0.5, 0.6) is 0 Å². The Balaban J connectivity index is 1.39. The maximum atomic E-state index is 12.9. The van der Waals surface area contributed by atoms with E-state index in [1.54, 1.807) is 0 Å². The molecule has 4 heterocycles. The van der Waals surface area contributed by atoms with Gasteiger partial charge in [-0.25, -0.2) is 9.97 Å². The van der Waals surface area contributed by atoms with Crippen LogP contribution < -0.4 is 11.3 Å². The molecule has 7 nitrogen and oxygen atoms in total. The van der Waals surface area contributed by atoms with Gasteiger partial charge in [0.2, 0.25) is 0 Å². The molecule has 0 amide bonds. The molecule has 1 aliphatic heterocycles. The third kappa shape index (κ3) is 3.96. The van der Waals surface area contributed by atoms with Gasteiger partial charge in [0.1, 0.15) is 11.6 Å². The number of aryl methyl sites for hydroxylation is 2. The molecule has 0 saturated carbocycles. The van der Waals surface area contributed by atoms with Gasteiger partial charge in [-0.15, -0.1) is 0 Å². The molecule has 0 atom stereocenters. The van der Waals surface area contributed by atoms with Crippen LogP contribution >= 0.6 is 0 Å². The average molecular weight is 441 g/mol. The van der Waals surface area contributed by atoms with Crippen molar-refractivity contribution in [3.63, 3.8) is 0 Å². The highest BCUT2D eigenvalue weighted by molar-refractivity contribution is 5.58. The second-order valence-corrected chi connectivity index (χ2v) is 8.80. The van der Waals surface area contributed by atoms with Crippen molar-refractivity contribution < 1.29 is 0 Å². The first-order valence-corrected chi connectivity index (χ1v) is 11.2. The Labute approximate surface area is 192 Å². The van der Waals surface area contributed by atoms with Crippen LogP contribution in [0.2, 0.25) is 0 Å². The number of nitrogens with two attached hydrogens (primary N) is 1. The van der Waals surface area contributed by atoms with Crippen LogP contribution in [-0.2, 0) is 19.5 Å². The zero-order valence-electron chi connectivity index (χ0n) is 19.2. The van der Waals surface area contributed by atoms with Crippen LogP contribution in [0.1, 0.15) is 33.8 Å². The van der Waals surface area contributed by atoms with Gasteiger partial charge in [-0.1, -0.05) is 6.07 Å². The minimum atomic E-state index is -0.0638. The first-order chi connectivity index (χ1) is 15.9. The molecule has 0 bridgehead atoms. The zero-order valence-corrected chi connectivity index (χ0v) is 19.2. The largest absolute Gasteiger partial charge is 0.399 e. The van der Waals surface area contributed by atoms with Gasteiger partial charge in [-0.3, -0.25) is 9.69 Å². The lowest BCUT2D eigenvalue weighted by atomic mass is 10.1. The molecule has 0 saturated heterocycles. The number of nitrogens with zero attached hydrogens (tertiary/aromatic N) is 4. The minimum absolute atomic E-state index is 0.0638. The van der Waals surface area contributed by atoms with E-state index in [1.165, 1.54) is 11.3 Å². The van der Waals surface area contributed by atoms with Crippen LogP contribution in [0.4, 0.5) is 5.69 Å². The lowest BCUT2D eigenvalue weighted by Crippen LogP contribution is -2.35. The van der Waals surface area contributed by atoms with E-state index < -0.39 is 0 Å². The fourth-order valence-electron chi connectivity index (χ4n) is 4.66. The van der Waals surface area contributed by atoms with Gasteiger partial charge in [0.25, 0.3) is 5.56 Å². The number of rotatable bonds is 4. The Bertz CT molecular complexity index is 1380. The summed E-state index contributed by atoms with van der Waals surface area (Å²) in [6.45, 7) is 8.57. The second-order valence-electron chi connectivity index (χ2n) is 8.80. The third-order valence-electron chi connectivity index (χ3n) is 6.46. The van der Waals surface area contributed by atoms with Crippen molar-refractivity contribution in [2.45, 2.75) is 40.3 Å². The summed E-state index contributed by atoms with van der Waals surface area (Å²) in [6.07, 6.45) is 2.58. The molecule has 1 aliphatic rings. The molecule has 0 aliphatic carbocycles. The van der Waals surface area contributed by atoms with Crippen molar-refractivity contribution in [1.82, 2.24) is 24.4 Å². The normalized spacial score (nSPS) is 13.8. The predicted octanol–water partition coefficient (Wildman–Crippen LogP) is 3.69. The van der Waals surface area contributed by atoms with E-state index in [0.717, 1.165) is 53.4 Å². The monoisotopic (exact) mass is 440 g/mol. The van der Waals surface area contributed by atoms with Crippen molar-refractivity contribution in [3.8, 4) is 17.2 Å². The Hall–Kier alpha value is -3.71. The zero-order chi connectivity index (χ0) is 23.1. The molecular formula is C26H28N6O. The number of hydrogen-bond donors (Lipinski definition) is 2. The molecule has 33 heavy (non-hydrogen) atoms. The second kappa shape index (κ2) is 8.33. The molecule has 0 spiro atoms. The van der Waals surface area contributed by atoms with Crippen molar-refractivity contribution in [2.75, 3.05) is 12.3 Å². The predicted molar refractivity (Wildman–Crippen MR) is 130 cm³/mol. The smallest absolute Gasteiger partial charge is 0.255 e. The topological polar surface area (TPSA) is 92.8 Å². The quantitative estimate of drug-likeness (QED) is 0.472. The van der Waals surface area contributed by atoms with Gasteiger partial charge in [0.05, 0.1) is 11.3 Å². The number of H-pyrrole nitrogens is 1. The first kappa shape index (κ1) is 21.2. The highest BCUT2D eigenvalue weighted by Gasteiger charge is 2.23. The van der Waals surface area contributed by atoms with E-state index in [0.29, 0.717) is 18.1 Å². The average Bonchev–Trinajstić information content (AvgIpc) is 3.07. The highest BCUT2D eigenvalue weighted by Crippen LogP contribution is 2.25. The number of aromatic nitrogens is 4. The molecule has 7 heteroatoms. The number of anilines is 1. The Morgan fingerprint density at radius 3 is 2.67 bits per heavy atom. The van der Waals surface area contributed by atoms with Gasteiger partial charge < -0.3 is 15.3 Å². The SMILES string of the molecule is Cc1cccnc1-n1c(C)cc(CN2CCc3nc(-c4ccc(N)cc4)[nH]c(=O)c3C2)c1C. The summed E-state index contributed by atoms with van der Waals surface area (Å²) in [7, 11) is 0. The fraction of sp³-hybridized carbons (Fsp3) is 0.269. The fourth-order valence-corrected chi connectivity index (χ4v) is 4.66. The molecule has 0 radical (unpaired) electrons. The molecule has 3 aromatic heterocycles. The molecule has 3 N–H and O–H groups in total. The molecule has 1 aromatic carbocycles. The molecule has 5 rings (SSSR count). The van der Waals surface area contributed by atoms with Crippen molar-refractivity contribution >= 4 is 5.69 Å². The lowest BCUT2D eigenvalue weighted by Gasteiger charge is -2.27. The number of benzene rings is 1. The summed E-state index contributed by atoms with van der Waals surface area (Å²) in [5, 5.41) is 0. The standard InChI is InChI=1S/C26H28N6O/c1-16-5-4-11-28-25(16)32-17(2)13-20(18(32)3)14-31-12-10-23-22(15-31)26(33)30-24(29-23)19-6-8-21(27)9-7-19/h4-9,11,13H,10,12,14-15,27H2,1-3H3,(H,29,30,33). The number of fused-ring (bicyclic) bond motifs is 1. The van der Waals surface area contributed by atoms with Crippen molar-refractivity contribution in [2.24, 2.45) is 0 Å². The van der Waals surface area contributed by atoms with Crippen LogP contribution in [0, 0.1) is 20.8 Å². The van der Waals surface area contributed by atoms with E-state index in [1.807, 2.05) is 36.5 Å². The Morgan fingerprint density at radius 1 is 1.12 bits per heavy atom. The van der Waals surface area contributed by atoms with Gasteiger partial charge in [-0.05, 0) is 68.3 Å². The first-order valence-electron chi connectivity index (χ1n) is 11.2. The van der Waals surface area contributed by atoms with Gasteiger partial charge in [0.15, 0.2) is 0 Å². The van der Waals surface area contributed by atoms with E-state index >= 15 is 0 Å². The highest BCUT2D eigenvalue weighted by atomic mass is 16.1. The van der Waals surface area contributed by atoms with E-state index in [2.05, 4.69) is 52.3 Å². The van der Waals surface area contributed by atoms with Crippen LogP contribution in [0.15, 0.2) is 53.5 Å². The van der Waals surface area contributed by atoms with Gasteiger partial charge in [-0.2, -0.15) is 0 Å². The van der Waals surface area contributed by atoms with Crippen molar-refractivity contribution in [3.05, 3.63) is 92.8 Å². The summed E-state index contributed by atoms with van der Waals surface area (Å²) >= 11 is 0. The Morgan fingerprint density at radius 2 is 1.91 bits per heavy atom. The van der Waals surface area contributed by atoms with Gasteiger partial charge >= 0.3 is 0 Å². The molecule has 0 fully saturated rings. The Kier molecular flexibility index (Phi) is 5.34. The number of hydrogen-bond acceptors (Lipinski definition) is 5. The minimum Gasteiger partial charge on any atom is -0.399 e. The van der Waals surface area contributed by atoms with E-state index in [-0.39, 0.29) is 5.56 Å². The molecule has 168 valence electrons. The number of nitrogens with one attached hydrogen (secondary N) is 1. The number of aromatic amines is 1. The maximum Gasteiger partial charge on any atom is 0.255 e. The van der Waals surface area contributed by atoms with Crippen molar-refractivity contribution in [1.29, 1.82) is 0 Å². The summed E-state index contributed by atoms with van der Waals surface area (Å²) in [5.74, 6) is 1.57. The summed E-state index contributed by atoms with van der Waals surface area (Å²) in [5.41, 5.74) is 13.7. The number of nitrogen functional groups attached to an aromatic ring is 1. The third-order valence-corrected chi connectivity index (χ3v) is 6.46. The summed E-state index contributed by atoms with van der Waals surface area (Å²) in [6, 6.07) is 13.7.